The van der Waals surface area contributed by atoms with E-state index in [4.69, 9.17) is 0 Å². The van der Waals surface area contributed by atoms with Gasteiger partial charge in [0.1, 0.15) is 0 Å². The predicted octanol–water partition coefficient (Wildman–Crippen LogP) is 2.73. The molecule has 0 fully saturated rings. The van der Waals surface area contributed by atoms with Crippen LogP contribution < -0.4 is 0 Å². The Morgan fingerprint density at radius 2 is 2.23 bits per heavy atom. The van der Waals surface area contributed by atoms with E-state index in [0.29, 0.717) is 5.92 Å². The van der Waals surface area contributed by atoms with E-state index in [1.165, 1.54) is 11.1 Å². The van der Waals surface area contributed by atoms with Crippen molar-refractivity contribution in [3.63, 3.8) is 0 Å². The summed E-state index contributed by atoms with van der Waals surface area (Å²) in [7, 11) is 0. The lowest BCUT2D eigenvalue weighted by molar-refractivity contribution is 0.740. The number of nitrogens with zero attached hydrogens (tertiary/aromatic N) is 2. The summed E-state index contributed by atoms with van der Waals surface area (Å²) in [4.78, 5) is 0. The maximum atomic E-state index is 4.07. The molecule has 0 N–H and O–H groups in total. The maximum absolute atomic E-state index is 4.07. The molecule has 1 aliphatic heterocycles. The summed E-state index contributed by atoms with van der Waals surface area (Å²) in [6, 6.07) is 0. The fraction of sp³-hybridized carbons (Fsp3) is 0.455. The Labute approximate surface area is 78.8 Å². The minimum absolute atomic E-state index is 0.614. The van der Waals surface area contributed by atoms with Crippen molar-refractivity contribution >= 4 is 11.9 Å². The van der Waals surface area contributed by atoms with Gasteiger partial charge in [0.25, 0.3) is 0 Å². The highest BCUT2D eigenvalue weighted by Gasteiger charge is 2.15. The number of fused-ring (bicyclic) bond motifs is 2. The van der Waals surface area contributed by atoms with Crippen LogP contribution in [0.4, 0.5) is 0 Å². The zero-order valence-electron chi connectivity index (χ0n) is 8.12. The van der Waals surface area contributed by atoms with Gasteiger partial charge in [-0.1, -0.05) is 25.5 Å². The monoisotopic (exact) mass is 174 g/mol. The zero-order chi connectivity index (χ0) is 9.26. The van der Waals surface area contributed by atoms with E-state index in [1.807, 2.05) is 6.21 Å². The molecule has 0 aromatic carbocycles. The molecule has 0 aromatic heterocycles. The van der Waals surface area contributed by atoms with E-state index >= 15 is 0 Å². The molecule has 0 spiro atoms. The second-order valence-corrected chi connectivity index (χ2v) is 3.82. The van der Waals surface area contributed by atoms with Crippen LogP contribution in [0.15, 0.2) is 33.5 Å². The normalized spacial score (nSPS) is 20.7. The lowest BCUT2D eigenvalue weighted by Crippen LogP contribution is -2.05. The molecule has 0 unspecified atom stereocenters. The van der Waals surface area contributed by atoms with Gasteiger partial charge in [0, 0.05) is 6.42 Å². The van der Waals surface area contributed by atoms with Crippen molar-refractivity contribution in [3.05, 3.63) is 23.3 Å². The van der Waals surface area contributed by atoms with Crippen LogP contribution in [-0.4, -0.2) is 11.9 Å². The second kappa shape index (κ2) is 3.29. The van der Waals surface area contributed by atoms with E-state index in [1.54, 1.807) is 0 Å². The van der Waals surface area contributed by atoms with Crippen molar-refractivity contribution in [2.75, 3.05) is 0 Å². The van der Waals surface area contributed by atoms with E-state index in [0.717, 1.165) is 18.6 Å². The molecule has 0 saturated heterocycles. The second-order valence-electron chi connectivity index (χ2n) is 3.82. The highest BCUT2D eigenvalue weighted by atomic mass is 15.2. The average molecular weight is 174 g/mol. The van der Waals surface area contributed by atoms with Gasteiger partial charge in [-0.15, -0.1) is 0 Å². The smallest absolute Gasteiger partial charge is 0.0671 e. The lowest BCUT2D eigenvalue weighted by atomic mass is 9.94. The third-order valence-electron chi connectivity index (χ3n) is 2.53. The number of hydrogen-bond acceptors (Lipinski definition) is 2. The zero-order valence-corrected chi connectivity index (χ0v) is 8.12. The van der Waals surface area contributed by atoms with Crippen LogP contribution in [0.3, 0.4) is 0 Å². The lowest BCUT2D eigenvalue weighted by Gasteiger charge is -2.13. The van der Waals surface area contributed by atoms with Gasteiger partial charge in [-0.25, -0.2) is 0 Å². The molecule has 2 bridgehead atoms. The SMILES string of the molecule is CC(C)C1=C2C=NN=C(C=CC1)C2. The van der Waals surface area contributed by atoms with Crippen LogP contribution >= 0.6 is 0 Å². The minimum Gasteiger partial charge on any atom is -0.159 e. The van der Waals surface area contributed by atoms with Gasteiger partial charge < -0.3 is 0 Å². The Morgan fingerprint density at radius 3 is 3.00 bits per heavy atom. The van der Waals surface area contributed by atoms with Crippen molar-refractivity contribution < 1.29 is 0 Å². The molecule has 1 aliphatic carbocycles. The third-order valence-corrected chi connectivity index (χ3v) is 2.53. The van der Waals surface area contributed by atoms with Crippen LogP contribution in [0.25, 0.3) is 0 Å². The minimum atomic E-state index is 0.614. The highest BCUT2D eigenvalue weighted by Crippen LogP contribution is 2.25. The largest absolute Gasteiger partial charge is 0.159 e. The number of rotatable bonds is 1. The first-order valence-corrected chi connectivity index (χ1v) is 4.75. The van der Waals surface area contributed by atoms with Gasteiger partial charge in [-0.05, 0) is 24.0 Å². The number of hydrogen-bond donors (Lipinski definition) is 0. The average Bonchev–Trinajstić information content (AvgIpc) is 2.25. The van der Waals surface area contributed by atoms with Gasteiger partial charge in [0.15, 0.2) is 0 Å². The van der Waals surface area contributed by atoms with Gasteiger partial charge in [-0.2, -0.15) is 10.2 Å². The Bertz CT molecular complexity index is 330. The summed E-state index contributed by atoms with van der Waals surface area (Å²) in [6.45, 7) is 4.47. The van der Waals surface area contributed by atoms with Crippen molar-refractivity contribution in [2.45, 2.75) is 26.7 Å². The molecule has 2 nitrogen and oxygen atoms in total. The first-order chi connectivity index (χ1) is 6.27. The summed E-state index contributed by atoms with van der Waals surface area (Å²) >= 11 is 0. The quantitative estimate of drug-likeness (QED) is 0.584. The summed E-state index contributed by atoms with van der Waals surface area (Å²) in [5.41, 5.74) is 3.96. The molecule has 13 heavy (non-hydrogen) atoms. The Hall–Kier alpha value is -1.18. The van der Waals surface area contributed by atoms with Crippen molar-refractivity contribution in [3.8, 4) is 0 Å². The molecule has 2 rings (SSSR count). The van der Waals surface area contributed by atoms with E-state index in [9.17, 15) is 0 Å². The van der Waals surface area contributed by atoms with Gasteiger partial charge >= 0.3 is 0 Å². The highest BCUT2D eigenvalue weighted by molar-refractivity contribution is 6.03. The van der Waals surface area contributed by atoms with Crippen molar-refractivity contribution in [1.82, 2.24) is 0 Å². The fourth-order valence-corrected chi connectivity index (χ4v) is 1.80. The molecule has 1 heterocycles. The van der Waals surface area contributed by atoms with Crippen LogP contribution in [0.1, 0.15) is 26.7 Å². The van der Waals surface area contributed by atoms with Crippen LogP contribution in [0.5, 0.6) is 0 Å². The van der Waals surface area contributed by atoms with Crippen LogP contribution in [0, 0.1) is 5.92 Å². The maximum Gasteiger partial charge on any atom is 0.0671 e. The summed E-state index contributed by atoms with van der Waals surface area (Å²) in [6.07, 6.45) is 8.21. The van der Waals surface area contributed by atoms with Gasteiger partial charge in [-0.3, -0.25) is 0 Å². The van der Waals surface area contributed by atoms with Crippen molar-refractivity contribution in [2.24, 2.45) is 16.1 Å². The Balaban J connectivity index is 2.42. The van der Waals surface area contributed by atoms with E-state index in [-0.39, 0.29) is 0 Å². The molecule has 0 radical (unpaired) electrons. The van der Waals surface area contributed by atoms with Crippen LogP contribution in [-0.2, 0) is 0 Å². The molecular weight excluding hydrogens is 160 g/mol. The molecule has 68 valence electrons. The van der Waals surface area contributed by atoms with Gasteiger partial charge in [0.2, 0.25) is 0 Å². The molecular formula is C11H14N2. The predicted molar refractivity (Wildman–Crippen MR) is 56.2 cm³/mol. The molecule has 0 saturated carbocycles. The van der Waals surface area contributed by atoms with Crippen LogP contribution in [0.2, 0.25) is 0 Å². The molecule has 0 amide bonds. The molecule has 0 atom stereocenters. The molecule has 2 heteroatoms. The first kappa shape index (κ1) is 8.42. The summed E-state index contributed by atoms with van der Waals surface area (Å²) in [5, 5.41) is 8.08. The molecule has 2 aliphatic rings. The fourth-order valence-electron chi connectivity index (χ4n) is 1.80. The summed E-state index contributed by atoms with van der Waals surface area (Å²) in [5.74, 6) is 0.614. The molecule has 0 aromatic rings. The Kier molecular flexibility index (Phi) is 2.13. The standard InChI is InChI=1S/C11H14N2/c1-8(2)11-5-3-4-10-6-9(11)7-12-13-10/h3-4,7-8H,5-6H2,1-2H3. The Morgan fingerprint density at radius 1 is 1.38 bits per heavy atom. The van der Waals surface area contributed by atoms with Crippen molar-refractivity contribution in [1.29, 1.82) is 0 Å². The van der Waals surface area contributed by atoms with Gasteiger partial charge in [0.05, 0.1) is 11.9 Å². The number of allylic oxidation sites excluding steroid dienone is 4. The first-order valence-electron chi connectivity index (χ1n) is 4.75. The summed E-state index contributed by atoms with van der Waals surface area (Å²) < 4.78 is 0. The topological polar surface area (TPSA) is 24.7 Å². The third kappa shape index (κ3) is 1.62. The van der Waals surface area contributed by atoms with E-state index in [2.05, 4.69) is 36.2 Å². The van der Waals surface area contributed by atoms with E-state index < -0.39 is 0 Å².